The minimum absolute atomic E-state index is 0.244. The summed E-state index contributed by atoms with van der Waals surface area (Å²) in [5.41, 5.74) is 0.183. The Morgan fingerprint density at radius 3 is 2.27 bits per heavy atom. The van der Waals surface area contributed by atoms with Crippen molar-refractivity contribution in [2.24, 2.45) is 5.73 Å². The van der Waals surface area contributed by atoms with Gasteiger partial charge in [-0.3, -0.25) is 15.5 Å². The van der Waals surface area contributed by atoms with Crippen LogP contribution in [-0.2, 0) is 23.4 Å². The van der Waals surface area contributed by atoms with Gasteiger partial charge in [0.2, 0.25) is 0 Å². The van der Waals surface area contributed by atoms with Crippen molar-refractivity contribution >= 4 is 11.6 Å². The van der Waals surface area contributed by atoms with E-state index in [1.165, 1.54) is 33.0 Å². The lowest BCUT2D eigenvalue weighted by Gasteiger charge is -2.26. The maximum atomic E-state index is 14.5. The Kier molecular flexibility index (Phi) is 8.60. The van der Waals surface area contributed by atoms with E-state index in [2.05, 4.69) is 15.6 Å². The number of aliphatic hydroxyl groups excluding tert-OH is 1. The third kappa shape index (κ3) is 6.77. The second-order valence-electron chi connectivity index (χ2n) is 9.39. The number of anilines is 1. The number of halogens is 7. The Balaban J connectivity index is 2.16. The first kappa shape index (κ1) is 30.6. The Labute approximate surface area is 224 Å². The molecule has 1 amide bonds. The second kappa shape index (κ2) is 11.3. The van der Waals surface area contributed by atoms with E-state index in [4.69, 9.17) is 5.73 Å². The maximum absolute atomic E-state index is 14.5. The lowest BCUT2D eigenvalue weighted by molar-refractivity contribution is -0.137. The molecule has 0 saturated carbocycles. The molecule has 3 rings (SSSR count). The monoisotopic (exact) mass is 570 g/mol. The predicted octanol–water partition coefficient (Wildman–Crippen LogP) is 6.04. The molecule has 5 N–H and O–H groups in total. The van der Waals surface area contributed by atoms with E-state index in [0.29, 0.717) is 12.3 Å². The van der Waals surface area contributed by atoms with Gasteiger partial charge in [0.05, 0.1) is 16.7 Å². The SMILES string of the molecule is CNC(C)(C)/C(O)=C(\Cc1cccc(F)c1F)C(=O)Nc1ccc(C(N)(F)F)cc1-c1cncc(C(F)(F)F)c1. The van der Waals surface area contributed by atoms with Gasteiger partial charge in [0, 0.05) is 41.2 Å². The number of nitrogens with zero attached hydrogens (tertiary/aromatic N) is 1. The zero-order chi connectivity index (χ0) is 30.0. The van der Waals surface area contributed by atoms with Crippen molar-refractivity contribution in [3.63, 3.8) is 0 Å². The smallest absolute Gasteiger partial charge is 0.417 e. The van der Waals surface area contributed by atoms with Crippen LogP contribution in [0.4, 0.5) is 36.4 Å². The molecule has 0 unspecified atom stereocenters. The van der Waals surface area contributed by atoms with Crippen LogP contribution in [0.1, 0.15) is 30.5 Å². The number of hydrogen-bond acceptors (Lipinski definition) is 5. The highest BCUT2D eigenvalue weighted by Gasteiger charge is 2.33. The highest BCUT2D eigenvalue weighted by molar-refractivity contribution is 6.06. The number of hydrogen-bond donors (Lipinski definition) is 4. The number of aromatic nitrogens is 1. The quantitative estimate of drug-likeness (QED) is 0.115. The average Bonchev–Trinajstić information content (AvgIpc) is 2.88. The number of nitrogens with one attached hydrogen (secondary N) is 2. The Morgan fingerprint density at radius 1 is 1.00 bits per heavy atom. The largest absolute Gasteiger partial charge is 0.510 e. The van der Waals surface area contributed by atoms with Gasteiger partial charge in [-0.1, -0.05) is 12.1 Å². The van der Waals surface area contributed by atoms with Gasteiger partial charge in [0.25, 0.3) is 5.91 Å². The zero-order valence-corrected chi connectivity index (χ0v) is 21.4. The highest BCUT2D eigenvalue weighted by atomic mass is 19.4. The van der Waals surface area contributed by atoms with Gasteiger partial charge in [0.15, 0.2) is 11.6 Å². The molecule has 1 heterocycles. The first-order valence-electron chi connectivity index (χ1n) is 11.6. The molecule has 0 aliphatic heterocycles. The molecular weight excluding hydrogens is 545 g/mol. The van der Waals surface area contributed by atoms with Crippen molar-refractivity contribution in [2.45, 2.75) is 38.0 Å². The molecule has 0 bridgehead atoms. The van der Waals surface area contributed by atoms with E-state index in [0.717, 1.165) is 30.5 Å². The Bertz CT molecular complexity index is 1450. The summed E-state index contributed by atoms with van der Waals surface area (Å²) in [7, 11) is 1.47. The molecule has 0 aliphatic rings. The number of alkyl halides is 5. The number of nitrogens with two attached hydrogens (primary N) is 1. The summed E-state index contributed by atoms with van der Waals surface area (Å²) < 4.78 is 96.1. The lowest BCUT2D eigenvalue weighted by atomic mass is 9.93. The van der Waals surface area contributed by atoms with Crippen LogP contribution in [0, 0.1) is 11.6 Å². The summed E-state index contributed by atoms with van der Waals surface area (Å²) in [5, 5.41) is 16.1. The van der Waals surface area contributed by atoms with Crippen LogP contribution in [-0.4, -0.2) is 28.6 Å². The van der Waals surface area contributed by atoms with E-state index in [1.807, 2.05) is 0 Å². The second-order valence-corrected chi connectivity index (χ2v) is 9.39. The standard InChI is InChI=1S/C27H25F7N4O2/c1-25(2,36-3)23(39)19(10-14-5-4-6-20(28)22(14)29)24(40)38-21-8-7-16(27(33,34)35)11-18(21)15-9-17(13-37-12-15)26(30,31)32/h4-9,11-13,36,39H,10,35H2,1-3H3,(H,38,40)/b23-19-. The molecular formula is C27H25F7N4O2. The molecule has 6 nitrogen and oxygen atoms in total. The fourth-order valence-electron chi connectivity index (χ4n) is 3.68. The number of aliphatic hydroxyl groups is 1. The normalized spacial score (nSPS) is 13.2. The number of rotatable bonds is 8. The van der Waals surface area contributed by atoms with Crippen LogP contribution in [0.3, 0.4) is 0 Å². The fraction of sp³-hybridized carbons (Fsp3) is 0.259. The molecule has 0 aliphatic carbocycles. The Morgan fingerprint density at radius 2 is 1.68 bits per heavy atom. The van der Waals surface area contributed by atoms with E-state index >= 15 is 0 Å². The van der Waals surface area contributed by atoms with Gasteiger partial charge in [-0.15, -0.1) is 0 Å². The number of pyridine rings is 1. The van der Waals surface area contributed by atoms with Crippen LogP contribution < -0.4 is 16.4 Å². The van der Waals surface area contributed by atoms with Crippen LogP contribution >= 0.6 is 0 Å². The minimum atomic E-state index is -4.81. The van der Waals surface area contributed by atoms with Crippen LogP contribution in [0.2, 0.25) is 0 Å². The molecule has 0 saturated heterocycles. The van der Waals surface area contributed by atoms with Gasteiger partial charge in [0.1, 0.15) is 5.76 Å². The van der Waals surface area contributed by atoms with Gasteiger partial charge in [-0.25, -0.2) is 8.78 Å². The third-order valence-electron chi connectivity index (χ3n) is 6.20. The summed E-state index contributed by atoms with van der Waals surface area (Å²) in [4.78, 5) is 17.0. The van der Waals surface area contributed by atoms with Gasteiger partial charge in [-0.2, -0.15) is 22.0 Å². The summed E-state index contributed by atoms with van der Waals surface area (Å²) in [6, 6.07) is 2.68. The third-order valence-corrected chi connectivity index (χ3v) is 6.20. The topological polar surface area (TPSA) is 100 Å². The molecule has 13 heteroatoms. The van der Waals surface area contributed by atoms with Crippen molar-refractivity contribution in [1.29, 1.82) is 0 Å². The molecule has 0 fully saturated rings. The van der Waals surface area contributed by atoms with Crippen molar-refractivity contribution in [1.82, 2.24) is 10.3 Å². The number of carbonyl (C=O) groups excluding carboxylic acids is 1. The van der Waals surface area contributed by atoms with Gasteiger partial charge >= 0.3 is 12.2 Å². The van der Waals surface area contributed by atoms with E-state index in [-0.39, 0.29) is 22.4 Å². The number of benzene rings is 2. The minimum Gasteiger partial charge on any atom is -0.510 e. The summed E-state index contributed by atoms with van der Waals surface area (Å²) in [5.74, 6) is -4.06. The molecule has 40 heavy (non-hydrogen) atoms. The van der Waals surface area contributed by atoms with Gasteiger partial charge in [-0.05, 0) is 56.8 Å². The highest BCUT2D eigenvalue weighted by Crippen LogP contribution is 2.37. The molecule has 2 aromatic carbocycles. The van der Waals surface area contributed by atoms with Crippen molar-refractivity contribution in [2.75, 3.05) is 12.4 Å². The van der Waals surface area contributed by atoms with Crippen molar-refractivity contribution in [3.8, 4) is 11.1 Å². The van der Waals surface area contributed by atoms with E-state index < -0.39 is 64.2 Å². The van der Waals surface area contributed by atoms with Crippen molar-refractivity contribution in [3.05, 3.63) is 94.5 Å². The Hall–Kier alpha value is -3.97. The van der Waals surface area contributed by atoms with E-state index in [9.17, 15) is 40.6 Å². The number of amides is 1. The van der Waals surface area contributed by atoms with Crippen LogP contribution in [0.15, 0.2) is 66.2 Å². The molecule has 3 aromatic rings. The maximum Gasteiger partial charge on any atom is 0.417 e. The molecule has 0 radical (unpaired) electrons. The number of carbonyl (C=O) groups is 1. The molecule has 1 aromatic heterocycles. The van der Waals surface area contributed by atoms with Crippen LogP contribution in [0.25, 0.3) is 11.1 Å². The summed E-state index contributed by atoms with van der Waals surface area (Å²) >= 11 is 0. The predicted molar refractivity (Wildman–Crippen MR) is 134 cm³/mol. The zero-order valence-electron chi connectivity index (χ0n) is 21.4. The summed E-state index contributed by atoms with van der Waals surface area (Å²) in [6.07, 6.45) is -3.89. The van der Waals surface area contributed by atoms with Crippen LogP contribution in [0.5, 0.6) is 0 Å². The van der Waals surface area contributed by atoms with Gasteiger partial charge < -0.3 is 15.7 Å². The number of likely N-dealkylation sites (N-methyl/N-ethyl adjacent to an activating group) is 1. The first-order chi connectivity index (χ1) is 18.5. The van der Waals surface area contributed by atoms with E-state index in [1.54, 1.807) is 0 Å². The van der Waals surface area contributed by atoms with Crippen molar-refractivity contribution < 1.29 is 40.6 Å². The molecule has 214 valence electrons. The average molecular weight is 571 g/mol. The molecule has 0 atom stereocenters. The first-order valence-corrected chi connectivity index (χ1v) is 11.6. The fourth-order valence-corrected chi connectivity index (χ4v) is 3.68. The molecule has 0 spiro atoms. The lowest BCUT2D eigenvalue weighted by Crippen LogP contribution is -2.40. The summed E-state index contributed by atoms with van der Waals surface area (Å²) in [6.45, 7) is 2.99.